The Balaban J connectivity index is 3.61. The molecule has 0 aliphatic heterocycles. The Hall–Kier alpha value is -2.77. The van der Waals surface area contributed by atoms with Crippen molar-refractivity contribution >= 4 is 22.7 Å². The van der Waals surface area contributed by atoms with Gasteiger partial charge in [-0.05, 0) is 19.9 Å². The molecule has 0 radical (unpaired) electrons. The molecule has 0 bridgehead atoms. The number of hydrogen-bond donors (Lipinski definition) is 1. The summed E-state index contributed by atoms with van der Waals surface area (Å²) in [6.07, 6.45) is 0. The van der Waals surface area contributed by atoms with Crippen molar-refractivity contribution in [2.75, 3.05) is 0 Å². The average molecular weight is 266 g/mol. The van der Waals surface area contributed by atoms with E-state index in [0.29, 0.717) is 0 Å². The maximum absolute atomic E-state index is 11.4. The molecule has 0 atom stereocenters. The number of aliphatic hydroxyl groups excluding tert-OH is 1. The third-order valence-corrected chi connectivity index (χ3v) is 2.37. The Kier molecular flexibility index (Phi) is 3.95. The van der Waals surface area contributed by atoms with Crippen LogP contribution in [0, 0.1) is 20.2 Å². The normalized spacial score (nSPS) is 11.7. The number of allylic oxidation sites excluding steroid dienone is 2. The van der Waals surface area contributed by atoms with E-state index in [1.807, 2.05) is 0 Å². The zero-order valence-electron chi connectivity index (χ0n) is 10.1. The van der Waals surface area contributed by atoms with Crippen LogP contribution in [-0.4, -0.2) is 20.7 Å². The molecule has 0 heterocycles. The molecule has 0 unspecified atom stereocenters. The number of aliphatic hydroxyl groups is 1. The molecule has 0 saturated heterocycles. The number of nitro groups is 2. The summed E-state index contributed by atoms with van der Waals surface area (Å²) in [5.41, 5.74) is -1.45. The van der Waals surface area contributed by atoms with E-state index in [2.05, 4.69) is 0 Å². The number of non-ortho nitro benzene ring substituents is 1. The zero-order chi connectivity index (χ0) is 14.7. The van der Waals surface area contributed by atoms with Crippen LogP contribution in [0.15, 0.2) is 24.0 Å². The maximum Gasteiger partial charge on any atom is 0.284 e. The SMILES string of the molecule is CC(=O)/C(=C(/C)O)c1ccc([N+](=O)[O-])cc1[N+](=O)[O-]. The second-order valence-electron chi connectivity index (χ2n) is 3.73. The van der Waals surface area contributed by atoms with Gasteiger partial charge in [0, 0.05) is 6.07 Å². The second kappa shape index (κ2) is 5.25. The number of nitro benzene ring substituents is 2. The minimum absolute atomic E-state index is 0.150. The van der Waals surface area contributed by atoms with Gasteiger partial charge >= 0.3 is 0 Å². The summed E-state index contributed by atoms with van der Waals surface area (Å²) in [5, 5.41) is 30.9. The van der Waals surface area contributed by atoms with Crippen molar-refractivity contribution in [1.29, 1.82) is 0 Å². The summed E-state index contributed by atoms with van der Waals surface area (Å²) in [7, 11) is 0. The van der Waals surface area contributed by atoms with E-state index in [0.717, 1.165) is 25.1 Å². The van der Waals surface area contributed by atoms with E-state index in [1.165, 1.54) is 6.92 Å². The van der Waals surface area contributed by atoms with Gasteiger partial charge in [0.2, 0.25) is 0 Å². The van der Waals surface area contributed by atoms with E-state index in [1.54, 1.807) is 0 Å². The summed E-state index contributed by atoms with van der Waals surface area (Å²) in [6.45, 7) is 2.35. The Morgan fingerprint density at radius 1 is 1.16 bits per heavy atom. The fourth-order valence-corrected chi connectivity index (χ4v) is 1.64. The van der Waals surface area contributed by atoms with Crippen molar-refractivity contribution in [2.45, 2.75) is 13.8 Å². The number of ketones is 1. The third-order valence-electron chi connectivity index (χ3n) is 2.37. The summed E-state index contributed by atoms with van der Waals surface area (Å²) < 4.78 is 0. The van der Waals surface area contributed by atoms with Gasteiger partial charge in [0.15, 0.2) is 5.78 Å². The first-order valence-electron chi connectivity index (χ1n) is 5.09. The van der Waals surface area contributed by atoms with Gasteiger partial charge in [0.1, 0.15) is 5.76 Å². The number of carbonyl (C=O) groups is 1. The van der Waals surface area contributed by atoms with E-state index >= 15 is 0 Å². The fraction of sp³-hybridized carbons (Fsp3) is 0.182. The molecule has 0 aliphatic carbocycles. The Bertz CT molecular complexity index is 601. The van der Waals surface area contributed by atoms with Gasteiger partial charge in [0.05, 0.1) is 27.0 Å². The molecule has 100 valence electrons. The number of carbonyl (C=O) groups excluding carboxylic acids is 1. The zero-order valence-corrected chi connectivity index (χ0v) is 10.1. The predicted molar refractivity (Wildman–Crippen MR) is 65.7 cm³/mol. The Labute approximate surface area is 107 Å². The van der Waals surface area contributed by atoms with Crippen LogP contribution in [0.2, 0.25) is 0 Å². The predicted octanol–water partition coefficient (Wildman–Crippen LogP) is 2.38. The Morgan fingerprint density at radius 2 is 1.74 bits per heavy atom. The van der Waals surface area contributed by atoms with Crippen LogP contribution in [0.25, 0.3) is 5.57 Å². The highest BCUT2D eigenvalue weighted by molar-refractivity contribution is 6.21. The van der Waals surface area contributed by atoms with Gasteiger partial charge in [-0.3, -0.25) is 25.0 Å². The third kappa shape index (κ3) is 2.92. The molecule has 0 spiro atoms. The van der Waals surface area contributed by atoms with Gasteiger partial charge in [-0.25, -0.2) is 0 Å². The second-order valence-corrected chi connectivity index (χ2v) is 3.73. The molecular formula is C11H10N2O6. The first-order chi connectivity index (χ1) is 8.75. The van der Waals surface area contributed by atoms with Gasteiger partial charge < -0.3 is 5.11 Å². The van der Waals surface area contributed by atoms with Crippen molar-refractivity contribution in [3.8, 4) is 0 Å². The molecule has 0 saturated carbocycles. The molecule has 1 aromatic carbocycles. The first-order valence-corrected chi connectivity index (χ1v) is 5.09. The molecule has 8 nitrogen and oxygen atoms in total. The van der Waals surface area contributed by atoms with E-state index in [9.17, 15) is 30.1 Å². The summed E-state index contributed by atoms with van der Waals surface area (Å²) in [5.74, 6) is -0.957. The summed E-state index contributed by atoms with van der Waals surface area (Å²) >= 11 is 0. The maximum atomic E-state index is 11.4. The largest absolute Gasteiger partial charge is 0.512 e. The molecular weight excluding hydrogens is 256 g/mol. The number of rotatable bonds is 4. The molecule has 1 rings (SSSR count). The topological polar surface area (TPSA) is 124 Å². The van der Waals surface area contributed by atoms with Crippen LogP contribution < -0.4 is 0 Å². The van der Waals surface area contributed by atoms with E-state index in [4.69, 9.17) is 0 Å². The first kappa shape index (κ1) is 14.3. The van der Waals surface area contributed by atoms with Gasteiger partial charge in [-0.1, -0.05) is 0 Å². The van der Waals surface area contributed by atoms with Crippen LogP contribution in [-0.2, 0) is 4.79 Å². The minimum Gasteiger partial charge on any atom is -0.512 e. The van der Waals surface area contributed by atoms with Crippen molar-refractivity contribution in [1.82, 2.24) is 0 Å². The summed E-state index contributed by atoms with van der Waals surface area (Å²) in [6, 6.07) is 2.86. The fourth-order valence-electron chi connectivity index (χ4n) is 1.64. The van der Waals surface area contributed by atoms with Crippen LogP contribution >= 0.6 is 0 Å². The minimum atomic E-state index is -0.839. The Morgan fingerprint density at radius 3 is 2.11 bits per heavy atom. The van der Waals surface area contributed by atoms with Gasteiger partial charge in [-0.2, -0.15) is 0 Å². The van der Waals surface area contributed by atoms with Crippen LogP contribution in [0.3, 0.4) is 0 Å². The van der Waals surface area contributed by atoms with Crippen molar-refractivity contribution in [3.05, 3.63) is 49.8 Å². The number of hydrogen-bond acceptors (Lipinski definition) is 6. The lowest BCUT2D eigenvalue weighted by atomic mass is 9.99. The molecule has 1 N–H and O–H groups in total. The van der Waals surface area contributed by atoms with Crippen molar-refractivity contribution in [2.24, 2.45) is 0 Å². The smallest absolute Gasteiger partial charge is 0.284 e. The molecule has 0 fully saturated rings. The van der Waals surface area contributed by atoms with Crippen molar-refractivity contribution < 1.29 is 19.7 Å². The molecule has 19 heavy (non-hydrogen) atoms. The number of benzene rings is 1. The standard InChI is InChI=1S/C11H10N2O6/c1-6(14)11(7(2)15)9-4-3-8(12(16)17)5-10(9)13(18)19/h3-5,14H,1-2H3/b11-6+. The lowest BCUT2D eigenvalue weighted by Crippen LogP contribution is -2.04. The highest BCUT2D eigenvalue weighted by Gasteiger charge is 2.25. The molecule has 0 amide bonds. The highest BCUT2D eigenvalue weighted by Crippen LogP contribution is 2.31. The van der Waals surface area contributed by atoms with Crippen LogP contribution in [0.1, 0.15) is 19.4 Å². The van der Waals surface area contributed by atoms with Crippen molar-refractivity contribution in [3.63, 3.8) is 0 Å². The number of nitrogens with zero attached hydrogens (tertiary/aromatic N) is 2. The highest BCUT2D eigenvalue weighted by atomic mass is 16.6. The molecule has 0 aliphatic rings. The van der Waals surface area contributed by atoms with E-state index in [-0.39, 0.29) is 16.9 Å². The van der Waals surface area contributed by atoms with E-state index < -0.39 is 27.0 Å². The lowest BCUT2D eigenvalue weighted by Gasteiger charge is -2.06. The quantitative estimate of drug-likeness (QED) is 0.386. The van der Waals surface area contributed by atoms with Crippen LogP contribution in [0.5, 0.6) is 0 Å². The van der Waals surface area contributed by atoms with Gasteiger partial charge in [-0.15, -0.1) is 0 Å². The lowest BCUT2D eigenvalue weighted by molar-refractivity contribution is -0.394. The van der Waals surface area contributed by atoms with Gasteiger partial charge in [0.25, 0.3) is 11.4 Å². The average Bonchev–Trinajstić information content (AvgIpc) is 2.27. The summed E-state index contributed by atoms with van der Waals surface area (Å²) in [4.78, 5) is 31.3. The van der Waals surface area contributed by atoms with Crippen LogP contribution in [0.4, 0.5) is 11.4 Å². The number of Topliss-reactive ketones (excluding diaryl/α,β-unsaturated/α-hetero) is 1. The molecule has 1 aromatic rings. The molecule has 0 aromatic heterocycles. The molecule has 8 heteroatoms. The monoisotopic (exact) mass is 266 g/mol.